The molecule has 0 heterocycles. The van der Waals surface area contributed by atoms with Gasteiger partial charge in [0.1, 0.15) is 0 Å². The number of hydrogen-bond acceptors (Lipinski definition) is 2. The lowest BCUT2D eigenvalue weighted by Crippen LogP contribution is -2.26. The fraction of sp³-hybridized carbons (Fsp3) is 0.467. The first-order valence-corrected chi connectivity index (χ1v) is 9.82. The van der Waals surface area contributed by atoms with Crippen molar-refractivity contribution in [1.29, 1.82) is 0 Å². The van der Waals surface area contributed by atoms with Gasteiger partial charge in [0.2, 0.25) is 8.32 Å². The van der Waals surface area contributed by atoms with Crippen LogP contribution in [-0.4, -0.2) is 14.9 Å². The molecule has 0 aliphatic carbocycles. The van der Waals surface area contributed by atoms with E-state index in [9.17, 15) is 0 Å². The third kappa shape index (κ3) is 5.91. The highest BCUT2D eigenvalue weighted by molar-refractivity contribution is 6.70. The summed E-state index contributed by atoms with van der Waals surface area (Å²) in [6, 6.07) is 10.4. The molecule has 0 spiro atoms. The normalized spacial score (nSPS) is 10.9. The summed E-state index contributed by atoms with van der Waals surface area (Å²) < 4.78 is 11.7. The Morgan fingerprint density at radius 2 is 1.67 bits per heavy atom. The van der Waals surface area contributed by atoms with Crippen LogP contribution >= 0.6 is 0 Å². The summed E-state index contributed by atoms with van der Waals surface area (Å²) in [6.45, 7) is 11.2. The molecule has 0 amide bonds. The maximum Gasteiger partial charge on any atom is 0.263 e. The molecule has 0 saturated heterocycles. The molecule has 100 valence electrons. The monoisotopic (exact) mass is 264 g/mol. The molecule has 3 heteroatoms. The van der Waals surface area contributed by atoms with Crippen molar-refractivity contribution in [1.82, 2.24) is 0 Å². The molecule has 18 heavy (non-hydrogen) atoms. The van der Waals surface area contributed by atoms with Gasteiger partial charge in [0.15, 0.2) is 0 Å². The Bertz CT molecular complexity index is 387. The highest BCUT2D eigenvalue weighted by Crippen LogP contribution is 2.15. The summed E-state index contributed by atoms with van der Waals surface area (Å²) in [7, 11) is -1.60. The molecule has 0 unspecified atom stereocenters. The van der Waals surface area contributed by atoms with Gasteiger partial charge in [0.05, 0.1) is 6.61 Å². The minimum atomic E-state index is -1.60. The molecule has 0 aliphatic rings. The minimum absolute atomic E-state index is 0.662. The van der Waals surface area contributed by atoms with E-state index in [0.29, 0.717) is 12.6 Å². The summed E-state index contributed by atoms with van der Waals surface area (Å²) in [6.07, 6.45) is 0.909. The summed E-state index contributed by atoms with van der Waals surface area (Å²) in [5.74, 6) is 0.713. The molecule has 0 radical (unpaired) electrons. The molecule has 1 aromatic carbocycles. The largest absolute Gasteiger partial charge is 0.520 e. The lowest BCUT2D eigenvalue weighted by molar-refractivity contribution is 0.101. The van der Waals surface area contributed by atoms with Crippen LogP contribution in [0.15, 0.2) is 41.9 Å². The van der Waals surface area contributed by atoms with Crippen molar-refractivity contribution < 1.29 is 9.16 Å². The first-order valence-electron chi connectivity index (χ1n) is 6.42. The number of benzene rings is 1. The van der Waals surface area contributed by atoms with Gasteiger partial charge in [-0.1, -0.05) is 30.3 Å². The summed E-state index contributed by atoms with van der Waals surface area (Å²) in [5.41, 5.74) is 2.39. The third-order valence-electron chi connectivity index (χ3n) is 2.27. The Morgan fingerprint density at radius 3 is 2.17 bits per heavy atom. The van der Waals surface area contributed by atoms with Crippen molar-refractivity contribution in [3.8, 4) is 0 Å². The average molecular weight is 264 g/mol. The summed E-state index contributed by atoms with van der Waals surface area (Å²) in [5, 5.41) is 0. The Labute approximate surface area is 112 Å². The smallest absolute Gasteiger partial charge is 0.263 e. The van der Waals surface area contributed by atoms with E-state index in [-0.39, 0.29) is 0 Å². The first kappa shape index (κ1) is 14.8. The van der Waals surface area contributed by atoms with Crippen molar-refractivity contribution in [3.63, 3.8) is 0 Å². The number of hydrogen-bond donors (Lipinski definition) is 0. The maximum atomic E-state index is 5.93. The van der Waals surface area contributed by atoms with Gasteiger partial charge in [-0.2, -0.15) is 0 Å². The van der Waals surface area contributed by atoms with Gasteiger partial charge in [-0.25, -0.2) is 0 Å². The number of ether oxygens (including phenoxy) is 1. The van der Waals surface area contributed by atoms with Crippen LogP contribution in [0.4, 0.5) is 0 Å². The van der Waals surface area contributed by atoms with E-state index in [0.717, 1.165) is 12.0 Å². The molecular formula is C15H24O2Si. The Hall–Kier alpha value is -1.22. The van der Waals surface area contributed by atoms with Gasteiger partial charge < -0.3 is 9.16 Å². The lowest BCUT2D eigenvalue weighted by Gasteiger charge is -2.23. The van der Waals surface area contributed by atoms with Crippen molar-refractivity contribution in [2.45, 2.75) is 39.9 Å². The van der Waals surface area contributed by atoms with E-state index in [2.05, 4.69) is 43.9 Å². The standard InChI is InChI=1S/C15H24O2Si/c1-13(2)15(17-18(3,4)5)16-12-11-14-9-7-6-8-10-14/h6-10H,11-12H2,1-5H3. The van der Waals surface area contributed by atoms with E-state index in [1.165, 1.54) is 5.56 Å². The molecule has 0 N–H and O–H groups in total. The molecule has 0 fully saturated rings. The van der Waals surface area contributed by atoms with Crippen molar-refractivity contribution in [3.05, 3.63) is 47.4 Å². The zero-order valence-corrected chi connectivity index (χ0v) is 13.1. The molecular weight excluding hydrogens is 240 g/mol. The van der Waals surface area contributed by atoms with E-state index >= 15 is 0 Å². The van der Waals surface area contributed by atoms with Crippen molar-refractivity contribution in [2.24, 2.45) is 0 Å². The van der Waals surface area contributed by atoms with Crippen molar-refractivity contribution >= 4 is 8.32 Å². The van der Waals surface area contributed by atoms with Gasteiger partial charge in [-0.15, -0.1) is 0 Å². The highest BCUT2D eigenvalue weighted by atomic mass is 28.4. The van der Waals surface area contributed by atoms with E-state index in [1.807, 2.05) is 19.9 Å². The SMILES string of the molecule is CC(C)=C(OCCc1ccccc1)O[Si](C)(C)C. The molecule has 0 atom stereocenters. The van der Waals surface area contributed by atoms with Gasteiger partial charge in [0, 0.05) is 12.0 Å². The second kappa shape index (κ2) is 6.64. The molecule has 0 saturated carbocycles. The topological polar surface area (TPSA) is 18.5 Å². The first-order chi connectivity index (χ1) is 8.38. The van der Waals surface area contributed by atoms with Crippen LogP contribution < -0.4 is 0 Å². The van der Waals surface area contributed by atoms with Gasteiger partial charge in [-0.05, 0) is 39.1 Å². The molecule has 0 aromatic heterocycles. The molecule has 2 nitrogen and oxygen atoms in total. The fourth-order valence-electron chi connectivity index (χ4n) is 1.46. The van der Waals surface area contributed by atoms with E-state index < -0.39 is 8.32 Å². The Morgan fingerprint density at radius 1 is 1.06 bits per heavy atom. The zero-order chi connectivity index (χ0) is 13.6. The predicted molar refractivity (Wildman–Crippen MR) is 78.9 cm³/mol. The van der Waals surface area contributed by atoms with Gasteiger partial charge >= 0.3 is 0 Å². The summed E-state index contributed by atoms with van der Waals surface area (Å²) in [4.78, 5) is 0. The number of allylic oxidation sites excluding steroid dienone is 1. The third-order valence-corrected chi connectivity index (χ3v) is 3.07. The van der Waals surface area contributed by atoms with E-state index in [4.69, 9.17) is 9.16 Å². The van der Waals surface area contributed by atoms with Gasteiger partial charge in [0.25, 0.3) is 5.95 Å². The molecule has 1 rings (SSSR count). The maximum absolute atomic E-state index is 5.93. The fourth-order valence-corrected chi connectivity index (χ4v) is 2.28. The second-order valence-electron chi connectivity index (χ2n) is 5.59. The van der Waals surface area contributed by atoms with Crippen LogP contribution in [0.1, 0.15) is 19.4 Å². The molecule has 1 aromatic rings. The number of rotatable bonds is 6. The van der Waals surface area contributed by atoms with Crippen LogP contribution in [0.5, 0.6) is 0 Å². The molecule has 0 bridgehead atoms. The van der Waals surface area contributed by atoms with Crippen molar-refractivity contribution in [2.75, 3.05) is 6.61 Å². The minimum Gasteiger partial charge on any atom is -0.520 e. The van der Waals surface area contributed by atoms with Crippen LogP contribution in [0.2, 0.25) is 19.6 Å². The van der Waals surface area contributed by atoms with Crippen LogP contribution in [0.25, 0.3) is 0 Å². The average Bonchev–Trinajstić information content (AvgIpc) is 2.27. The van der Waals surface area contributed by atoms with Crippen LogP contribution in [0.3, 0.4) is 0 Å². The zero-order valence-electron chi connectivity index (χ0n) is 12.1. The highest BCUT2D eigenvalue weighted by Gasteiger charge is 2.19. The second-order valence-corrected chi connectivity index (χ2v) is 10.0. The van der Waals surface area contributed by atoms with Crippen LogP contribution in [-0.2, 0) is 15.6 Å². The predicted octanol–water partition coefficient (Wildman–Crippen LogP) is 4.35. The molecule has 0 aliphatic heterocycles. The summed E-state index contributed by atoms with van der Waals surface area (Å²) >= 11 is 0. The Balaban J connectivity index is 2.47. The van der Waals surface area contributed by atoms with Crippen LogP contribution in [0, 0.1) is 0 Å². The van der Waals surface area contributed by atoms with E-state index in [1.54, 1.807) is 0 Å². The quantitative estimate of drug-likeness (QED) is 0.562. The Kier molecular flexibility index (Phi) is 5.47. The lowest BCUT2D eigenvalue weighted by atomic mass is 10.2. The van der Waals surface area contributed by atoms with Gasteiger partial charge in [-0.3, -0.25) is 0 Å².